The van der Waals surface area contributed by atoms with Crippen LogP contribution in [0.3, 0.4) is 0 Å². The van der Waals surface area contributed by atoms with Gasteiger partial charge in [0.25, 0.3) is 0 Å². The van der Waals surface area contributed by atoms with E-state index in [2.05, 4.69) is 0 Å². The molecule has 0 aliphatic rings. The van der Waals surface area contributed by atoms with Crippen molar-refractivity contribution in [1.82, 2.24) is 0 Å². The van der Waals surface area contributed by atoms with E-state index in [0.29, 0.717) is 6.42 Å². The molecular weight excluding hydrogens is 163 g/mol. The Bertz CT molecular complexity index is 269. The van der Waals surface area contributed by atoms with Gasteiger partial charge in [0.1, 0.15) is 12.0 Å². The largest absolute Gasteiger partial charge is 0.497 e. The van der Waals surface area contributed by atoms with Gasteiger partial charge in [-0.2, -0.15) is 0 Å². The van der Waals surface area contributed by atoms with Gasteiger partial charge in [-0.25, -0.2) is 0 Å². The molecule has 66 valence electrons. The van der Waals surface area contributed by atoms with Crippen molar-refractivity contribution in [3.8, 4) is 5.75 Å². The highest BCUT2D eigenvalue weighted by atomic mass is 16.5. The summed E-state index contributed by atoms with van der Waals surface area (Å²) in [6, 6.07) is 7.52. The summed E-state index contributed by atoms with van der Waals surface area (Å²) in [4.78, 5) is 10.3. The lowest BCUT2D eigenvalue weighted by molar-refractivity contribution is -0.107. The Morgan fingerprint density at radius 3 is 2.54 bits per heavy atom. The number of ether oxygens (including phenoxy) is 1. The number of carbonyl (C=O) groups is 1. The first-order valence-corrected chi connectivity index (χ1v) is 4.10. The third kappa shape index (κ3) is 2.94. The van der Waals surface area contributed by atoms with E-state index in [-0.39, 0.29) is 0 Å². The molecule has 0 saturated carbocycles. The van der Waals surface area contributed by atoms with E-state index in [1.807, 2.05) is 24.3 Å². The second-order valence-corrected chi connectivity index (χ2v) is 2.85. The molecule has 1 unspecified atom stereocenters. The van der Waals surface area contributed by atoms with Crippen LogP contribution in [0.1, 0.15) is 5.56 Å². The smallest absolute Gasteiger partial charge is 0.118 e. The van der Waals surface area contributed by atoms with Gasteiger partial charge in [-0.3, -0.25) is 0 Å². The van der Waals surface area contributed by atoms with Crippen molar-refractivity contribution in [3.63, 3.8) is 0 Å². The third-order valence-electron chi connectivity index (χ3n) is 1.81. The fraction of sp³-hybridized carbons (Fsp3) is 0.300. The summed E-state index contributed by atoms with van der Waals surface area (Å²) in [5, 5.41) is 0. The summed E-state index contributed by atoms with van der Waals surface area (Å²) < 4.78 is 5.00. The average molecular weight is 174 g/mol. The maximum atomic E-state index is 10.3. The van der Waals surface area contributed by atoms with Gasteiger partial charge < -0.3 is 9.53 Å². The standard InChI is InChI=1S/C10H11BO2/c1-13-10-4-2-8(3-5-10)6-9(11)7-12/h2-5,7,9H,6H2,1H3. The van der Waals surface area contributed by atoms with Crippen LogP contribution in [0.4, 0.5) is 0 Å². The van der Waals surface area contributed by atoms with Crippen molar-refractivity contribution in [2.75, 3.05) is 7.11 Å². The number of rotatable bonds is 4. The molecule has 1 rings (SSSR count). The molecule has 2 radical (unpaired) electrons. The van der Waals surface area contributed by atoms with E-state index < -0.39 is 5.82 Å². The lowest BCUT2D eigenvalue weighted by Crippen LogP contribution is -1.98. The van der Waals surface area contributed by atoms with E-state index in [1.54, 1.807) is 7.11 Å². The fourth-order valence-corrected chi connectivity index (χ4v) is 1.08. The van der Waals surface area contributed by atoms with Crippen LogP contribution in [0.5, 0.6) is 5.75 Å². The Kier molecular flexibility index (Phi) is 3.56. The van der Waals surface area contributed by atoms with Crippen LogP contribution in [-0.2, 0) is 11.2 Å². The monoisotopic (exact) mass is 174 g/mol. The van der Waals surface area contributed by atoms with Crippen LogP contribution in [-0.4, -0.2) is 21.2 Å². The van der Waals surface area contributed by atoms with E-state index in [0.717, 1.165) is 17.6 Å². The fourth-order valence-electron chi connectivity index (χ4n) is 1.08. The topological polar surface area (TPSA) is 26.3 Å². The van der Waals surface area contributed by atoms with Gasteiger partial charge in [0.15, 0.2) is 0 Å². The predicted molar refractivity (Wildman–Crippen MR) is 52.3 cm³/mol. The molecule has 0 aliphatic carbocycles. The quantitative estimate of drug-likeness (QED) is 0.509. The minimum atomic E-state index is -0.409. The second-order valence-electron chi connectivity index (χ2n) is 2.85. The molecule has 13 heavy (non-hydrogen) atoms. The van der Waals surface area contributed by atoms with Crippen LogP contribution in [0.15, 0.2) is 24.3 Å². The SMILES string of the molecule is [B]C(C=O)Cc1ccc(OC)cc1. The van der Waals surface area contributed by atoms with E-state index in [4.69, 9.17) is 12.6 Å². The zero-order valence-corrected chi connectivity index (χ0v) is 7.57. The molecular formula is C10H11BO2. The predicted octanol–water partition coefficient (Wildman–Crippen LogP) is 1.39. The van der Waals surface area contributed by atoms with Gasteiger partial charge in [0.05, 0.1) is 15.0 Å². The first kappa shape index (κ1) is 9.84. The second kappa shape index (κ2) is 4.70. The van der Waals surface area contributed by atoms with E-state index >= 15 is 0 Å². The molecule has 0 heterocycles. The maximum absolute atomic E-state index is 10.3. The molecule has 2 nitrogen and oxygen atoms in total. The molecule has 1 aromatic carbocycles. The minimum absolute atomic E-state index is 0.409. The van der Waals surface area contributed by atoms with Crippen molar-refractivity contribution in [3.05, 3.63) is 29.8 Å². The average Bonchev–Trinajstić information content (AvgIpc) is 2.19. The molecule has 0 aromatic heterocycles. The molecule has 0 spiro atoms. The van der Waals surface area contributed by atoms with Crippen LogP contribution in [0.25, 0.3) is 0 Å². The Morgan fingerprint density at radius 2 is 2.08 bits per heavy atom. The van der Waals surface area contributed by atoms with Crippen molar-refractivity contribution < 1.29 is 9.53 Å². The van der Waals surface area contributed by atoms with E-state index in [1.165, 1.54) is 0 Å². The van der Waals surface area contributed by atoms with Gasteiger partial charge in [-0.05, 0) is 29.9 Å². The Morgan fingerprint density at radius 1 is 1.46 bits per heavy atom. The van der Waals surface area contributed by atoms with Crippen LogP contribution in [0, 0.1) is 0 Å². The number of hydrogen-bond acceptors (Lipinski definition) is 2. The molecule has 0 N–H and O–H groups in total. The molecule has 0 amide bonds. The van der Waals surface area contributed by atoms with Crippen LogP contribution >= 0.6 is 0 Å². The molecule has 0 fully saturated rings. The highest BCUT2D eigenvalue weighted by Gasteiger charge is 2.00. The Hall–Kier alpha value is -1.25. The number of aldehydes is 1. The summed E-state index contributed by atoms with van der Waals surface area (Å²) in [5.41, 5.74) is 1.04. The van der Waals surface area contributed by atoms with Gasteiger partial charge in [-0.15, -0.1) is 0 Å². The van der Waals surface area contributed by atoms with Crippen molar-refractivity contribution in [1.29, 1.82) is 0 Å². The maximum Gasteiger partial charge on any atom is 0.118 e. The molecule has 1 atom stereocenters. The zero-order chi connectivity index (χ0) is 9.68. The summed E-state index contributed by atoms with van der Waals surface area (Å²) in [5.74, 6) is 0.400. The Balaban J connectivity index is 2.63. The first-order chi connectivity index (χ1) is 6.26. The number of benzene rings is 1. The zero-order valence-electron chi connectivity index (χ0n) is 7.57. The first-order valence-electron chi connectivity index (χ1n) is 4.10. The summed E-state index contributed by atoms with van der Waals surface area (Å²) in [6.45, 7) is 0. The lowest BCUT2D eigenvalue weighted by Gasteiger charge is -2.04. The number of carbonyl (C=O) groups excluding carboxylic acids is 1. The summed E-state index contributed by atoms with van der Waals surface area (Å²) in [7, 11) is 7.09. The normalized spacial score (nSPS) is 12.1. The lowest BCUT2D eigenvalue weighted by atomic mass is 9.83. The van der Waals surface area contributed by atoms with Crippen molar-refractivity contribution in [2.24, 2.45) is 0 Å². The summed E-state index contributed by atoms with van der Waals surface area (Å²) in [6.07, 6.45) is 1.33. The Labute approximate surface area is 79.3 Å². The molecule has 3 heteroatoms. The van der Waals surface area contributed by atoms with Gasteiger partial charge in [-0.1, -0.05) is 12.1 Å². The highest BCUT2D eigenvalue weighted by molar-refractivity contribution is 6.19. The van der Waals surface area contributed by atoms with Gasteiger partial charge in [0.2, 0.25) is 0 Å². The van der Waals surface area contributed by atoms with Crippen molar-refractivity contribution >= 4 is 14.1 Å². The van der Waals surface area contributed by atoms with Crippen LogP contribution in [0.2, 0.25) is 5.82 Å². The van der Waals surface area contributed by atoms with Crippen molar-refractivity contribution in [2.45, 2.75) is 12.2 Å². The third-order valence-corrected chi connectivity index (χ3v) is 1.81. The van der Waals surface area contributed by atoms with Gasteiger partial charge in [0, 0.05) is 0 Å². The molecule has 0 saturated heterocycles. The molecule has 0 bridgehead atoms. The minimum Gasteiger partial charge on any atom is -0.497 e. The van der Waals surface area contributed by atoms with E-state index in [9.17, 15) is 4.79 Å². The van der Waals surface area contributed by atoms with Crippen LogP contribution < -0.4 is 4.74 Å². The number of methoxy groups -OCH3 is 1. The summed E-state index contributed by atoms with van der Waals surface area (Å²) >= 11 is 0. The molecule has 1 aromatic rings. The highest BCUT2D eigenvalue weighted by Crippen LogP contribution is 2.14. The number of hydrogen-bond donors (Lipinski definition) is 0. The molecule has 0 aliphatic heterocycles. The van der Waals surface area contributed by atoms with Gasteiger partial charge >= 0.3 is 0 Å².